The van der Waals surface area contributed by atoms with Crippen LogP contribution in [0.4, 0.5) is 13.2 Å². The molecule has 0 aliphatic carbocycles. The van der Waals surface area contributed by atoms with Gasteiger partial charge in [-0.15, -0.1) is 13.2 Å². The normalized spacial score (nSPS) is 12.4. The van der Waals surface area contributed by atoms with Crippen LogP contribution in [0.1, 0.15) is 39.5 Å². The Balaban J connectivity index is 1.95. The Morgan fingerprint density at radius 1 is 1.13 bits per heavy atom. The van der Waals surface area contributed by atoms with E-state index in [9.17, 15) is 22.8 Å². The molecule has 0 bridgehead atoms. The molecule has 0 saturated heterocycles. The van der Waals surface area contributed by atoms with Gasteiger partial charge in [0.25, 0.3) is 0 Å². The molecule has 0 radical (unpaired) electrons. The van der Waals surface area contributed by atoms with Crippen molar-refractivity contribution in [2.45, 2.75) is 25.6 Å². The molecule has 5 nitrogen and oxygen atoms in total. The maximum absolute atomic E-state index is 12.9. The van der Waals surface area contributed by atoms with Crippen molar-refractivity contribution in [2.75, 3.05) is 0 Å². The second kappa shape index (κ2) is 8.52. The molecular weight excluding hydrogens is 397 g/mol. The molecule has 1 atom stereocenters. The standard InChI is InChI=1S/C22H19F3N2O3/c1-14-4-3-11-26-21(14)18(12-19(28)16-7-10-20(29)27(2)13-16)15-5-8-17(9-6-15)30-22(23,24)25/h3-11,13,18H,12H2,1-2H3/t18-/m0/s1. The van der Waals surface area contributed by atoms with Crippen LogP contribution < -0.4 is 10.3 Å². The maximum atomic E-state index is 12.9. The summed E-state index contributed by atoms with van der Waals surface area (Å²) in [6.07, 6.45) is -1.67. The number of halogens is 3. The Bertz CT molecular complexity index is 1110. The summed E-state index contributed by atoms with van der Waals surface area (Å²) in [5.74, 6) is -1.03. The van der Waals surface area contributed by atoms with Crippen molar-refractivity contribution in [3.05, 3.63) is 93.7 Å². The number of aryl methyl sites for hydroxylation is 2. The quantitative estimate of drug-likeness (QED) is 0.559. The van der Waals surface area contributed by atoms with E-state index in [1.165, 1.54) is 47.2 Å². The summed E-state index contributed by atoms with van der Waals surface area (Å²) >= 11 is 0. The predicted octanol–water partition coefficient (Wildman–Crippen LogP) is 4.39. The van der Waals surface area contributed by atoms with E-state index in [1.54, 1.807) is 19.3 Å². The largest absolute Gasteiger partial charge is 0.573 e. The van der Waals surface area contributed by atoms with Crippen molar-refractivity contribution in [3.8, 4) is 5.75 Å². The number of carbonyl (C=O) groups is 1. The highest BCUT2D eigenvalue weighted by Gasteiger charge is 2.31. The Morgan fingerprint density at radius 2 is 1.83 bits per heavy atom. The topological polar surface area (TPSA) is 61.2 Å². The second-order valence-corrected chi connectivity index (χ2v) is 6.87. The number of nitrogens with zero attached hydrogens (tertiary/aromatic N) is 2. The highest BCUT2D eigenvalue weighted by atomic mass is 19.4. The van der Waals surface area contributed by atoms with E-state index in [1.807, 2.05) is 13.0 Å². The van der Waals surface area contributed by atoms with Crippen molar-refractivity contribution in [1.29, 1.82) is 0 Å². The molecule has 0 aliphatic rings. The fourth-order valence-corrected chi connectivity index (χ4v) is 3.20. The third kappa shape index (κ3) is 5.14. The van der Waals surface area contributed by atoms with Crippen molar-refractivity contribution >= 4 is 5.78 Å². The van der Waals surface area contributed by atoms with Gasteiger partial charge in [-0.05, 0) is 42.3 Å². The molecule has 1 aromatic carbocycles. The number of rotatable bonds is 6. The molecule has 2 aromatic heterocycles. The molecule has 3 aromatic rings. The van der Waals surface area contributed by atoms with Gasteiger partial charge in [-0.2, -0.15) is 0 Å². The molecule has 0 fully saturated rings. The summed E-state index contributed by atoms with van der Waals surface area (Å²) in [4.78, 5) is 28.9. The molecule has 0 aliphatic heterocycles. The van der Waals surface area contributed by atoms with Gasteiger partial charge in [-0.3, -0.25) is 14.6 Å². The average Bonchev–Trinajstić information content (AvgIpc) is 2.68. The number of pyridine rings is 2. The summed E-state index contributed by atoms with van der Waals surface area (Å²) < 4.78 is 42.6. The van der Waals surface area contributed by atoms with Gasteiger partial charge in [0.2, 0.25) is 5.56 Å². The predicted molar refractivity (Wildman–Crippen MR) is 105 cm³/mol. The Kier molecular flexibility index (Phi) is 6.05. The summed E-state index contributed by atoms with van der Waals surface area (Å²) in [5.41, 5.74) is 2.27. The maximum Gasteiger partial charge on any atom is 0.573 e. The molecule has 3 rings (SSSR count). The van der Waals surface area contributed by atoms with Crippen LogP contribution in [0.25, 0.3) is 0 Å². The Labute approximate surface area is 170 Å². The summed E-state index contributed by atoms with van der Waals surface area (Å²) in [7, 11) is 1.55. The van der Waals surface area contributed by atoms with E-state index < -0.39 is 12.3 Å². The third-order valence-corrected chi connectivity index (χ3v) is 4.69. The molecule has 0 N–H and O–H groups in total. The minimum atomic E-state index is -4.78. The van der Waals surface area contributed by atoms with E-state index in [2.05, 4.69) is 9.72 Å². The first-order valence-electron chi connectivity index (χ1n) is 9.11. The van der Waals surface area contributed by atoms with E-state index >= 15 is 0 Å². The van der Waals surface area contributed by atoms with Crippen LogP contribution in [0.15, 0.2) is 65.7 Å². The van der Waals surface area contributed by atoms with Crippen molar-refractivity contribution in [1.82, 2.24) is 9.55 Å². The number of benzene rings is 1. The van der Waals surface area contributed by atoms with Crippen LogP contribution in [0.5, 0.6) is 5.75 Å². The Hall–Kier alpha value is -3.42. The molecular formula is C22H19F3N2O3. The van der Waals surface area contributed by atoms with E-state index in [-0.39, 0.29) is 23.5 Å². The van der Waals surface area contributed by atoms with Crippen LogP contribution in [0.3, 0.4) is 0 Å². The number of ether oxygens (including phenoxy) is 1. The summed E-state index contributed by atoms with van der Waals surface area (Å²) in [6.45, 7) is 1.85. The summed E-state index contributed by atoms with van der Waals surface area (Å²) in [5, 5.41) is 0. The minimum absolute atomic E-state index is 0.0372. The first-order valence-corrected chi connectivity index (χ1v) is 9.11. The lowest BCUT2D eigenvalue weighted by Crippen LogP contribution is -2.18. The van der Waals surface area contributed by atoms with Gasteiger partial charge in [0.1, 0.15) is 5.75 Å². The zero-order valence-corrected chi connectivity index (χ0v) is 16.3. The fraction of sp³-hybridized carbons (Fsp3) is 0.227. The zero-order valence-electron chi connectivity index (χ0n) is 16.3. The monoisotopic (exact) mass is 416 g/mol. The van der Waals surface area contributed by atoms with Crippen LogP contribution in [-0.2, 0) is 7.05 Å². The summed E-state index contributed by atoms with van der Waals surface area (Å²) in [6, 6.07) is 11.8. The van der Waals surface area contributed by atoms with Crippen LogP contribution in [-0.4, -0.2) is 21.7 Å². The van der Waals surface area contributed by atoms with E-state index in [4.69, 9.17) is 0 Å². The van der Waals surface area contributed by atoms with E-state index in [0.29, 0.717) is 16.8 Å². The van der Waals surface area contributed by atoms with Crippen LogP contribution >= 0.6 is 0 Å². The average molecular weight is 416 g/mol. The molecule has 8 heteroatoms. The van der Waals surface area contributed by atoms with Crippen molar-refractivity contribution in [3.63, 3.8) is 0 Å². The van der Waals surface area contributed by atoms with Gasteiger partial charge >= 0.3 is 6.36 Å². The van der Waals surface area contributed by atoms with Gasteiger partial charge in [-0.25, -0.2) is 0 Å². The number of aromatic nitrogens is 2. The number of ketones is 1. The zero-order chi connectivity index (χ0) is 21.9. The molecule has 0 spiro atoms. The SMILES string of the molecule is Cc1cccnc1[C@@H](CC(=O)c1ccc(=O)n(C)c1)c1ccc(OC(F)(F)F)cc1. The lowest BCUT2D eigenvalue weighted by Gasteiger charge is -2.19. The molecule has 0 unspecified atom stereocenters. The van der Waals surface area contributed by atoms with Gasteiger partial charge in [0, 0.05) is 43.4 Å². The first-order chi connectivity index (χ1) is 14.1. The fourth-order valence-electron chi connectivity index (χ4n) is 3.20. The van der Waals surface area contributed by atoms with Gasteiger partial charge < -0.3 is 9.30 Å². The van der Waals surface area contributed by atoms with Gasteiger partial charge in [0.15, 0.2) is 5.78 Å². The van der Waals surface area contributed by atoms with Crippen molar-refractivity contribution in [2.24, 2.45) is 7.05 Å². The molecule has 156 valence electrons. The highest BCUT2D eigenvalue weighted by molar-refractivity contribution is 5.96. The molecule has 30 heavy (non-hydrogen) atoms. The van der Waals surface area contributed by atoms with E-state index in [0.717, 1.165) is 5.56 Å². The lowest BCUT2D eigenvalue weighted by molar-refractivity contribution is -0.274. The molecule has 2 heterocycles. The lowest BCUT2D eigenvalue weighted by atomic mass is 9.87. The van der Waals surface area contributed by atoms with Crippen LogP contribution in [0, 0.1) is 6.92 Å². The van der Waals surface area contributed by atoms with Gasteiger partial charge in [-0.1, -0.05) is 18.2 Å². The minimum Gasteiger partial charge on any atom is -0.406 e. The molecule has 0 saturated carbocycles. The number of carbonyl (C=O) groups excluding carboxylic acids is 1. The number of hydrogen-bond donors (Lipinski definition) is 0. The van der Waals surface area contributed by atoms with Crippen LogP contribution in [0.2, 0.25) is 0 Å². The van der Waals surface area contributed by atoms with Gasteiger partial charge in [0.05, 0.1) is 5.69 Å². The van der Waals surface area contributed by atoms with Crippen molar-refractivity contribution < 1.29 is 22.7 Å². The smallest absolute Gasteiger partial charge is 0.406 e. The number of alkyl halides is 3. The second-order valence-electron chi connectivity index (χ2n) is 6.87. The number of hydrogen-bond acceptors (Lipinski definition) is 4. The Morgan fingerprint density at radius 3 is 2.43 bits per heavy atom. The third-order valence-electron chi connectivity index (χ3n) is 4.69. The number of Topliss-reactive ketones (excluding diaryl/α,β-unsaturated/α-hetero) is 1. The molecule has 0 amide bonds. The first kappa shape index (κ1) is 21.3. The highest BCUT2D eigenvalue weighted by Crippen LogP contribution is 2.32.